The Bertz CT molecular complexity index is 1130. The van der Waals surface area contributed by atoms with Gasteiger partial charge >= 0.3 is 11.9 Å². The highest BCUT2D eigenvalue weighted by atomic mass is 16.4. The van der Waals surface area contributed by atoms with Crippen LogP contribution in [0.3, 0.4) is 0 Å². The number of benzene rings is 2. The van der Waals surface area contributed by atoms with Gasteiger partial charge in [-0.1, -0.05) is 74.5 Å². The Morgan fingerprint density at radius 1 is 0.692 bits per heavy atom. The van der Waals surface area contributed by atoms with Gasteiger partial charge in [-0.05, 0) is 29.9 Å². The van der Waals surface area contributed by atoms with Crippen LogP contribution in [0.4, 0.5) is 0 Å². The molecule has 2 aromatic carbocycles. The maximum atomic E-state index is 13.3. The van der Waals surface area contributed by atoms with Gasteiger partial charge in [0.2, 0.25) is 17.7 Å². The molecule has 0 aromatic heterocycles. The van der Waals surface area contributed by atoms with E-state index in [1.807, 2.05) is 44.2 Å². The molecule has 2 rings (SSSR count). The lowest BCUT2D eigenvalue weighted by atomic mass is 10.00. The minimum atomic E-state index is -1.69. The van der Waals surface area contributed by atoms with E-state index in [0.29, 0.717) is 5.56 Å². The molecule has 4 unspecified atom stereocenters. The van der Waals surface area contributed by atoms with Crippen molar-refractivity contribution >= 4 is 29.7 Å². The van der Waals surface area contributed by atoms with Crippen LogP contribution in [0.5, 0.6) is 0 Å². The predicted octanol–water partition coefficient (Wildman–Crippen LogP) is 0.859. The molecule has 0 saturated heterocycles. The van der Waals surface area contributed by atoms with Gasteiger partial charge in [-0.25, -0.2) is 4.79 Å². The molecule has 0 saturated carbocycles. The summed E-state index contributed by atoms with van der Waals surface area (Å²) in [5.41, 5.74) is 7.63. The molecule has 3 amide bonds. The van der Waals surface area contributed by atoms with E-state index in [0.717, 1.165) is 5.56 Å². The second kappa shape index (κ2) is 15.2. The zero-order chi connectivity index (χ0) is 28.9. The minimum absolute atomic E-state index is 0.000227. The van der Waals surface area contributed by atoms with Gasteiger partial charge in [0.25, 0.3) is 0 Å². The summed E-state index contributed by atoms with van der Waals surface area (Å²) in [5, 5.41) is 25.8. The van der Waals surface area contributed by atoms with Crippen molar-refractivity contribution in [3.8, 4) is 0 Å². The van der Waals surface area contributed by atoms with Crippen LogP contribution in [-0.2, 0) is 36.8 Å². The molecule has 0 heterocycles. The van der Waals surface area contributed by atoms with Crippen molar-refractivity contribution in [2.75, 3.05) is 0 Å². The SMILES string of the molecule is CC(C)CC(NC(=O)C(N)Cc1ccccc1)C(=O)NC(Cc1ccccc1)C(=O)NC(CC(=O)O)C(=O)O. The van der Waals surface area contributed by atoms with Crippen LogP contribution in [0.2, 0.25) is 0 Å². The first-order valence-corrected chi connectivity index (χ1v) is 12.6. The molecule has 0 fully saturated rings. The monoisotopic (exact) mass is 540 g/mol. The van der Waals surface area contributed by atoms with Gasteiger partial charge in [-0.3, -0.25) is 19.2 Å². The Hall–Kier alpha value is -4.25. The summed E-state index contributed by atoms with van der Waals surface area (Å²) < 4.78 is 0. The Kier molecular flexibility index (Phi) is 12.1. The highest BCUT2D eigenvalue weighted by Crippen LogP contribution is 2.10. The highest BCUT2D eigenvalue weighted by molar-refractivity contribution is 5.94. The third kappa shape index (κ3) is 10.9. The molecule has 0 aliphatic rings. The average molecular weight is 541 g/mol. The van der Waals surface area contributed by atoms with Crippen molar-refractivity contribution < 1.29 is 34.2 Å². The summed E-state index contributed by atoms with van der Waals surface area (Å²) in [6.45, 7) is 3.74. The van der Waals surface area contributed by atoms with E-state index < -0.39 is 60.2 Å². The number of carbonyl (C=O) groups excluding carboxylic acids is 3. The lowest BCUT2D eigenvalue weighted by molar-refractivity contribution is -0.147. The van der Waals surface area contributed by atoms with Gasteiger partial charge in [0.1, 0.15) is 18.1 Å². The maximum Gasteiger partial charge on any atom is 0.326 e. The predicted molar refractivity (Wildman–Crippen MR) is 143 cm³/mol. The fraction of sp³-hybridized carbons (Fsp3) is 0.393. The number of amides is 3. The third-order valence-electron chi connectivity index (χ3n) is 5.88. The van der Waals surface area contributed by atoms with Crippen molar-refractivity contribution in [1.82, 2.24) is 16.0 Å². The molecule has 0 spiro atoms. The standard InChI is InChI=1S/C28H36N4O7/c1-17(2)13-21(30-25(35)20(29)14-18-9-5-3-6-10-18)26(36)31-22(15-19-11-7-4-8-12-19)27(37)32-23(28(38)39)16-24(33)34/h3-12,17,20-23H,13-16,29H2,1-2H3,(H,30,35)(H,31,36)(H,32,37)(H,33,34)(H,38,39). The summed E-state index contributed by atoms with van der Waals surface area (Å²) in [6, 6.07) is 13.1. The summed E-state index contributed by atoms with van der Waals surface area (Å²) in [5.74, 6) is -4.97. The van der Waals surface area contributed by atoms with Crippen LogP contribution in [0, 0.1) is 5.92 Å². The lowest BCUT2D eigenvalue weighted by Crippen LogP contribution is -2.58. The van der Waals surface area contributed by atoms with E-state index in [2.05, 4.69) is 16.0 Å². The van der Waals surface area contributed by atoms with Gasteiger partial charge in [0, 0.05) is 6.42 Å². The molecular weight excluding hydrogens is 504 g/mol. The van der Waals surface area contributed by atoms with E-state index in [9.17, 15) is 29.1 Å². The first-order valence-electron chi connectivity index (χ1n) is 12.6. The number of carboxylic acid groups (broad SMARTS) is 2. The first-order chi connectivity index (χ1) is 18.5. The van der Waals surface area contributed by atoms with E-state index >= 15 is 0 Å². The Morgan fingerprint density at radius 2 is 1.15 bits per heavy atom. The second-order valence-electron chi connectivity index (χ2n) is 9.74. The number of carboxylic acids is 2. The summed E-state index contributed by atoms with van der Waals surface area (Å²) in [4.78, 5) is 61.8. The van der Waals surface area contributed by atoms with Gasteiger partial charge in [0.05, 0.1) is 12.5 Å². The van der Waals surface area contributed by atoms with Crippen molar-refractivity contribution in [2.45, 2.75) is 63.7 Å². The second-order valence-corrected chi connectivity index (χ2v) is 9.74. The van der Waals surface area contributed by atoms with Gasteiger partial charge < -0.3 is 31.9 Å². The Labute approximate surface area is 227 Å². The molecule has 7 N–H and O–H groups in total. The van der Waals surface area contributed by atoms with E-state index in [4.69, 9.17) is 10.8 Å². The summed E-state index contributed by atoms with van der Waals surface area (Å²) in [6.07, 6.45) is -0.306. The molecule has 0 aliphatic carbocycles. The van der Waals surface area contributed by atoms with Crippen LogP contribution in [0.25, 0.3) is 0 Å². The quantitative estimate of drug-likeness (QED) is 0.192. The molecule has 39 heavy (non-hydrogen) atoms. The smallest absolute Gasteiger partial charge is 0.326 e. The van der Waals surface area contributed by atoms with Crippen molar-refractivity contribution in [3.63, 3.8) is 0 Å². The van der Waals surface area contributed by atoms with Crippen molar-refractivity contribution in [1.29, 1.82) is 0 Å². The zero-order valence-electron chi connectivity index (χ0n) is 22.0. The molecule has 11 nitrogen and oxygen atoms in total. The van der Waals surface area contributed by atoms with Gasteiger partial charge in [0.15, 0.2) is 0 Å². The van der Waals surface area contributed by atoms with Crippen molar-refractivity contribution in [2.24, 2.45) is 11.7 Å². The van der Waals surface area contributed by atoms with Crippen molar-refractivity contribution in [3.05, 3.63) is 71.8 Å². The normalized spacial score (nSPS) is 13.9. The summed E-state index contributed by atoms with van der Waals surface area (Å²) in [7, 11) is 0. The Balaban J connectivity index is 2.20. The zero-order valence-corrected chi connectivity index (χ0v) is 22.0. The number of aliphatic carboxylic acids is 2. The average Bonchev–Trinajstić information content (AvgIpc) is 2.88. The molecule has 4 atom stereocenters. The van der Waals surface area contributed by atoms with E-state index in [-0.39, 0.29) is 25.2 Å². The Morgan fingerprint density at radius 3 is 1.64 bits per heavy atom. The van der Waals surface area contributed by atoms with E-state index in [1.54, 1.807) is 30.3 Å². The van der Waals surface area contributed by atoms with Crippen LogP contribution in [0.1, 0.15) is 37.8 Å². The number of hydrogen-bond donors (Lipinski definition) is 6. The summed E-state index contributed by atoms with van der Waals surface area (Å²) >= 11 is 0. The van der Waals surface area contributed by atoms with Crippen LogP contribution in [0.15, 0.2) is 60.7 Å². The van der Waals surface area contributed by atoms with Crippen LogP contribution >= 0.6 is 0 Å². The fourth-order valence-corrected chi connectivity index (χ4v) is 3.92. The molecule has 0 bridgehead atoms. The van der Waals surface area contributed by atoms with Crippen LogP contribution in [-0.4, -0.2) is 64.0 Å². The van der Waals surface area contributed by atoms with Gasteiger partial charge in [-0.2, -0.15) is 0 Å². The first kappa shape index (κ1) is 31.0. The van der Waals surface area contributed by atoms with Crippen LogP contribution < -0.4 is 21.7 Å². The molecule has 210 valence electrons. The number of rotatable bonds is 15. The lowest BCUT2D eigenvalue weighted by Gasteiger charge is -2.26. The fourth-order valence-electron chi connectivity index (χ4n) is 3.92. The number of nitrogens with two attached hydrogens (primary N) is 1. The number of nitrogens with one attached hydrogen (secondary N) is 3. The largest absolute Gasteiger partial charge is 0.481 e. The minimum Gasteiger partial charge on any atom is -0.481 e. The third-order valence-corrected chi connectivity index (χ3v) is 5.88. The topological polar surface area (TPSA) is 188 Å². The molecule has 0 aliphatic heterocycles. The molecule has 2 aromatic rings. The number of hydrogen-bond acceptors (Lipinski definition) is 6. The maximum absolute atomic E-state index is 13.3. The molecule has 11 heteroatoms. The van der Waals surface area contributed by atoms with E-state index in [1.165, 1.54) is 0 Å². The molecule has 0 radical (unpaired) electrons. The number of carbonyl (C=O) groups is 5. The highest BCUT2D eigenvalue weighted by Gasteiger charge is 2.31. The molecular formula is C28H36N4O7. The van der Waals surface area contributed by atoms with Gasteiger partial charge in [-0.15, -0.1) is 0 Å².